The van der Waals surface area contributed by atoms with Crippen LogP contribution in [0.4, 0.5) is 9.59 Å². The summed E-state index contributed by atoms with van der Waals surface area (Å²) in [5.41, 5.74) is 6.31. The molecule has 0 bridgehead atoms. The normalized spacial score (nSPS) is 19.7. The molecule has 8 heterocycles. The first-order valence-electron chi connectivity index (χ1n) is 26.9. The summed E-state index contributed by atoms with van der Waals surface area (Å²) in [6, 6.07) is 31.7. The number of likely N-dealkylation sites (tertiary alicyclic amines) is 2. The van der Waals surface area contributed by atoms with Gasteiger partial charge in [0.25, 0.3) is 11.8 Å². The Hall–Kier alpha value is -8.21. The second-order valence-corrected chi connectivity index (χ2v) is 23.2. The first kappa shape index (κ1) is 56.1. The van der Waals surface area contributed by atoms with Crippen LogP contribution in [0, 0.1) is 11.8 Å². The Labute approximate surface area is 473 Å². The molecule has 81 heavy (non-hydrogen) atoms. The number of hydrogen-bond acceptors (Lipinski definition) is 15. The number of rotatable bonds is 10. The number of hydrogen-bond donors (Lipinski definition) is 0. The van der Waals surface area contributed by atoms with E-state index >= 15 is 0 Å². The highest BCUT2D eigenvalue weighted by molar-refractivity contribution is 7.88. The summed E-state index contributed by atoms with van der Waals surface area (Å²) in [4.78, 5) is 86.2. The van der Waals surface area contributed by atoms with E-state index in [1.807, 2.05) is 98.8 Å². The second kappa shape index (κ2) is 23.9. The van der Waals surface area contributed by atoms with Crippen molar-refractivity contribution in [2.75, 3.05) is 86.0 Å². The van der Waals surface area contributed by atoms with Crippen LogP contribution in [0.1, 0.15) is 54.0 Å². The van der Waals surface area contributed by atoms with Crippen molar-refractivity contribution < 1.29 is 50.7 Å². The number of nitrogens with zero attached hydrogens (tertiary/aromatic N) is 9. The fraction of sp³-hybridized carbons (Fsp3) is 0.356. The summed E-state index contributed by atoms with van der Waals surface area (Å²) >= 11 is 1.33. The van der Waals surface area contributed by atoms with E-state index in [2.05, 4.69) is 17.1 Å². The quantitative estimate of drug-likeness (QED) is 0.126. The summed E-state index contributed by atoms with van der Waals surface area (Å²) in [5.74, 6) is 0.765. The predicted molar refractivity (Wildman–Crippen MR) is 307 cm³/mol. The van der Waals surface area contributed by atoms with Gasteiger partial charge in [0.05, 0.1) is 46.1 Å². The molecule has 22 heteroatoms. The van der Waals surface area contributed by atoms with Crippen LogP contribution >= 0.6 is 11.3 Å². The minimum Gasteiger partial charge on any atom is -0.464 e. The highest BCUT2D eigenvalue weighted by Gasteiger charge is 2.58. The maximum Gasteiger partial charge on any atom is 0.410 e. The summed E-state index contributed by atoms with van der Waals surface area (Å²) in [6.45, 7) is 7.35. The van der Waals surface area contributed by atoms with Crippen LogP contribution in [0.3, 0.4) is 0 Å². The summed E-state index contributed by atoms with van der Waals surface area (Å²) in [6.07, 6.45) is 6.75. The van der Waals surface area contributed by atoms with Gasteiger partial charge in [-0.05, 0) is 83.3 Å². The van der Waals surface area contributed by atoms with Crippen molar-refractivity contribution in [1.29, 1.82) is 0 Å². The molecule has 3 aromatic heterocycles. The number of furan rings is 2. The molecule has 3 fully saturated rings. The molecule has 1 spiro atoms. The van der Waals surface area contributed by atoms with Crippen molar-refractivity contribution in [1.82, 2.24) is 33.8 Å². The Balaban J connectivity index is 0.000000177. The monoisotopic (exact) mass is 1140 g/mol. The fourth-order valence-corrected chi connectivity index (χ4v) is 12.4. The zero-order valence-corrected chi connectivity index (χ0v) is 47.4. The predicted octanol–water partition coefficient (Wildman–Crippen LogP) is 8.54. The molecule has 5 aliphatic rings. The maximum absolute atomic E-state index is 13.7. The van der Waals surface area contributed by atoms with Crippen LogP contribution in [0.15, 0.2) is 140 Å². The molecule has 5 amide bonds. The first-order chi connectivity index (χ1) is 39.2. The zero-order chi connectivity index (χ0) is 57.0. The SMILES string of the molecule is CC.COC(=O)N1CC2(C1)N=C(c1ccc(-c3ccc4occc4c3)cc1)N(C[C@@H]1CCN(S(C)(=O)=O)C1)C2=O.COC(=O)N1CCC(=O)N(C[C@@H]2CCN(C(=O)c3nccs3)C2)/C(c2ccc(-c3ccc4occc4c3)cc2)=N\C1. The minimum absolute atomic E-state index is 0.00762. The summed E-state index contributed by atoms with van der Waals surface area (Å²) in [5, 5.41) is 4.31. The van der Waals surface area contributed by atoms with Crippen LogP contribution in [-0.4, -0.2) is 175 Å². The van der Waals surface area contributed by atoms with Crippen LogP contribution in [0.5, 0.6) is 0 Å². The number of fused-ring (bicyclic) bond motifs is 2. The van der Waals surface area contributed by atoms with E-state index in [1.54, 1.807) is 38.8 Å². The van der Waals surface area contributed by atoms with E-state index in [-0.39, 0.29) is 62.3 Å². The largest absolute Gasteiger partial charge is 0.464 e. The third kappa shape index (κ3) is 11.8. The van der Waals surface area contributed by atoms with Gasteiger partial charge in [-0.15, -0.1) is 11.3 Å². The lowest BCUT2D eigenvalue weighted by Crippen LogP contribution is -2.66. The molecule has 0 aliphatic carbocycles. The topological polar surface area (TPSA) is 221 Å². The van der Waals surface area contributed by atoms with Crippen molar-refractivity contribution in [2.45, 2.75) is 38.6 Å². The lowest BCUT2D eigenvalue weighted by atomic mass is 9.90. The fourth-order valence-electron chi connectivity index (χ4n) is 10.9. The second-order valence-electron chi connectivity index (χ2n) is 20.3. The van der Waals surface area contributed by atoms with Gasteiger partial charge in [-0.1, -0.05) is 74.5 Å². The average molecular weight is 1140 g/mol. The van der Waals surface area contributed by atoms with Gasteiger partial charge in [0.15, 0.2) is 10.5 Å². The average Bonchev–Trinajstić information content (AvgIpc) is 4.51. The van der Waals surface area contributed by atoms with Gasteiger partial charge < -0.3 is 28.1 Å². The lowest BCUT2D eigenvalue weighted by molar-refractivity contribution is -0.136. The van der Waals surface area contributed by atoms with E-state index in [0.717, 1.165) is 61.7 Å². The van der Waals surface area contributed by atoms with E-state index in [4.69, 9.17) is 28.3 Å². The third-order valence-corrected chi connectivity index (χ3v) is 17.2. The van der Waals surface area contributed by atoms with Crippen LogP contribution in [-0.2, 0) is 29.1 Å². The molecule has 4 aromatic carbocycles. The van der Waals surface area contributed by atoms with Gasteiger partial charge in [0, 0.05) is 85.7 Å². The zero-order valence-electron chi connectivity index (χ0n) is 45.7. The van der Waals surface area contributed by atoms with Gasteiger partial charge in [-0.2, -0.15) is 0 Å². The number of ether oxygens (including phenoxy) is 2. The molecule has 2 atom stereocenters. The maximum atomic E-state index is 13.7. The molecule has 0 saturated carbocycles. The summed E-state index contributed by atoms with van der Waals surface area (Å²) in [7, 11) is -0.662. The van der Waals surface area contributed by atoms with E-state index in [1.165, 1.54) is 45.9 Å². The molecule has 3 saturated heterocycles. The van der Waals surface area contributed by atoms with Crippen molar-refractivity contribution in [3.8, 4) is 22.3 Å². The Morgan fingerprint density at radius 3 is 1.78 bits per heavy atom. The number of benzene rings is 4. The van der Waals surface area contributed by atoms with Crippen molar-refractivity contribution in [3.05, 3.63) is 137 Å². The van der Waals surface area contributed by atoms with Crippen LogP contribution in [0.2, 0.25) is 0 Å². The highest BCUT2D eigenvalue weighted by atomic mass is 32.2. The van der Waals surface area contributed by atoms with Crippen molar-refractivity contribution in [3.63, 3.8) is 0 Å². The number of aliphatic imine (C=N–C) groups is 2. The molecular formula is C59H63N9O11S2. The molecular weight excluding hydrogens is 1070 g/mol. The number of carbonyl (C=O) groups is 5. The van der Waals surface area contributed by atoms with Gasteiger partial charge >= 0.3 is 12.2 Å². The van der Waals surface area contributed by atoms with Crippen molar-refractivity contribution >= 4 is 84.9 Å². The molecule has 0 radical (unpaired) electrons. The standard InChI is InChI=1S/C30H29N5O5S.C27H28N4O6S.C2H6/c1-39-30(38)34-13-9-26(36)35(18-20-8-12-33(17-20)29(37)28-31-11-15-41-28)27(32-19-34)22-4-2-21(3-5-22)23-6-7-25-24(16-23)10-14-40-25;1-36-26(33)29-16-27(17-29)25(32)31(15-18-9-11-30(14-18)38(2,34)35)24(28-27)20-5-3-19(4-6-20)21-7-8-23-22(13-21)10-12-37-23;1-2/h2-7,10-11,14-16,20H,8-9,12-13,17-19H2,1H3;3-8,10,12-13,18H,9,11,14-17H2,1-2H3;1-2H3/b32-27-;;/t20-;18-;/m11./s1. The van der Waals surface area contributed by atoms with E-state index in [0.29, 0.717) is 62.4 Å². The lowest BCUT2D eigenvalue weighted by Gasteiger charge is -2.43. The molecule has 20 nitrogen and oxygen atoms in total. The van der Waals surface area contributed by atoms with Gasteiger partial charge in [-0.3, -0.25) is 29.1 Å². The Bertz CT molecular complexity index is 3630. The third-order valence-electron chi connectivity index (χ3n) is 15.2. The molecule has 5 aliphatic heterocycles. The molecule has 7 aromatic rings. The Morgan fingerprint density at radius 1 is 0.667 bits per heavy atom. The van der Waals surface area contributed by atoms with Gasteiger partial charge in [-0.25, -0.2) is 37.3 Å². The minimum atomic E-state index is -3.29. The van der Waals surface area contributed by atoms with E-state index in [9.17, 15) is 32.4 Å². The van der Waals surface area contributed by atoms with E-state index < -0.39 is 27.7 Å². The smallest absolute Gasteiger partial charge is 0.410 e. The molecule has 12 rings (SSSR count). The molecule has 0 unspecified atom stereocenters. The number of thiazole rings is 1. The Kier molecular flexibility index (Phi) is 16.5. The number of amides is 5. The molecule has 0 N–H and O–H groups in total. The number of sulfonamides is 1. The highest BCUT2D eigenvalue weighted by Crippen LogP contribution is 2.37. The van der Waals surface area contributed by atoms with Crippen LogP contribution in [0.25, 0.3) is 44.2 Å². The van der Waals surface area contributed by atoms with Crippen LogP contribution < -0.4 is 0 Å². The Morgan fingerprint density at radius 2 is 1.21 bits per heavy atom. The number of amidine groups is 2. The van der Waals surface area contributed by atoms with Crippen molar-refractivity contribution in [2.24, 2.45) is 21.8 Å². The first-order valence-corrected chi connectivity index (χ1v) is 29.6. The van der Waals surface area contributed by atoms with Gasteiger partial charge in [0.1, 0.15) is 29.5 Å². The van der Waals surface area contributed by atoms with Gasteiger partial charge in [0.2, 0.25) is 15.9 Å². The number of carbonyl (C=O) groups excluding carboxylic acids is 5. The number of aromatic nitrogens is 1. The number of methoxy groups -OCH3 is 2. The summed E-state index contributed by atoms with van der Waals surface area (Å²) < 4.78 is 46.1. The molecule has 422 valence electrons.